The van der Waals surface area contributed by atoms with Crippen LogP contribution in [0, 0.1) is 12.3 Å². The Bertz CT molecular complexity index is 779. The van der Waals surface area contributed by atoms with Gasteiger partial charge >= 0.3 is 0 Å². The number of allylic oxidation sites excluding steroid dienone is 1. The Kier molecular flexibility index (Phi) is 3.52. The molecule has 0 bridgehead atoms. The molecule has 1 atom stereocenters. The molecule has 1 aliphatic heterocycles. The fourth-order valence-electron chi connectivity index (χ4n) is 2.81. The van der Waals surface area contributed by atoms with Gasteiger partial charge in [-0.25, -0.2) is 0 Å². The molecule has 0 spiro atoms. The SMILES string of the molecule is C#CCC1Oc2cc(O)ccc2C(C)=C1c1ccc(O)cc1. The molecule has 1 heterocycles. The summed E-state index contributed by atoms with van der Waals surface area (Å²) >= 11 is 0. The Balaban J connectivity index is 2.17. The highest BCUT2D eigenvalue weighted by molar-refractivity contribution is 5.95. The lowest BCUT2D eigenvalue weighted by atomic mass is 9.88. The molecule has 1 aliphatic rings. The van der Waals surface area contributed by atoms with E-state index in [-0.39, 0.29) is 17.6 Å². The number of terminal acetylenes is 1. The van der Waals surface area contributed by atoms with Crippen molar-refractivity contribution in [3.8, 4) is 29.6 Å². The fraction of sp³-hybridized carbons (Fsp3) is 0.158. The van der Waals surface area contributed by atoms with Gasteiger partial charge < -0.3 is 14.9 Å². The molecule has 22 heavy (non-hydrogen) atoms. The molecule has 0 aromatic heterocycles. The number of fused-ring (bicyclic) bond motifs is 1. The third-order valence-electron chi connectivity index (χ3n) is 3.85. The summed E-state index contributed by atoms with van der Waals surface area (Å²) in [6, 6.07) is 12.1. The molecule has 0 saturated heterocycles. The van der Waals surface area contributed by atoms with Gasteiger partial charge in [-0.1, -0.05) is 12.1 Å². The molecule has 0 amide bonds. The maximum Gasteiger partial charge on any atom is 0.135 e. The minimum absolute atomic E-state index is 0.166. The lowest BCUT2D eigenvalue weighted by molar-refractivity contribution is 0.259. The number of aromatic hydroxyl groups is 2. The van der Waals surface area contributed by atoms with Crippen LogP contribution in [0.5, 0.6) is 17.2 Å². The normalized spacial score (nSPS) is 16.6. The van der Waals surface area contributed by atoms with Gasteiger partial charge in [-0.15, -0.1) is 12.3 Å². The van der Waals surface area contributed by atoms with Gasteiger partial charge in [-0.05, 0) is 42.3 Å². The zero-order valence-corrected chi connectivity index (χ0v) is 12.2. The molecule has 1 unspecified atom stereocenters. The van der Waals surface area contributed by atoms with Crippen molar-refractivity contribution in [3.63, 3.8) is 0 Å². The number of phenols is 2. The van der Waals surface area contributed by atoms with E-state index in [0.29, 0.717) is 12.2 Å². The van der Waals surface area contributed by atoms with Gasteiger partial charge in [0, 0.05) is 17.2 Å². The molecule has 0 saturated carbocycles. The van der Waals surface area contributed by atoms with Gasteiger partial charge in [0.25, 0.3) is 0 Å². The van der Waals surface area contributed by atoms with E-state index in [1.165, 1.54) is 0 Å². The third kappa shape index (κ3) is 2.40. The molecular weight excluding hydrogens is 276 g/mol. The van der Waals surface area contributed by atoms with E-state index in [4.69, 9.17) is 11.2 Å². The van der Waals surface area contributed by atoms with Crippen LogP contribution < -0.4 is 4.74 Å². The summed E-state index contributed by atoms with van der Waals surface area (Å²) in [6.45, 7) is 2.02. The summed E-state index contributed by atoms with van der Waals surface area (Å²) in [5.74, 6) is 3.67. The highest BCUT2D eigenvalue weighted by Gasteiger charge is 2.27. The fourth-order valence-corrected chi connectivity index (χ4v) is 2.81. The maximum atomic E-state index is 9.64. The molecule has 0 fully saturated rings. The van der Waals surface area contributed by atoms with Crippen LogP contribution >= 0.6 is 0 Å². The first-order chi connectivity index (χ1) is 10.6. The van der Waals surface area contributed by atoms with E-state index in [9.17, 15) is 10.2 Å². The van der Waals surface area contributed by atoms with Crippen molar-refractivity contribution in [1.82, 2.24) is 0 Å². The quantitative estimate of drug-likeness (QED) is 0.827. The molecule has 2 aromatic carbocycles. The van der Waals surface area contributed by atoms with Crippen molar-refractivity contribution < 1.29 is 14.9 Å². The van der Waals surface area contributed by atoms with E-state index in [0.717, 1.165) is 22.3 Å². The Morgan fingerprint density at radius 3 is 2.45 bits per heavy atom. The molecular formula is C19H16O3. The Labute approximate surface area is 129 Å². The third-order valence-corrected chi connectivity index (χ3v) is 3.85. The van der Waals surface area contributed by atoms with Crippen molar-refractivity contribution in [2.24, 2.45) is 0 Å². The van der Waals surface area contributed by atoms with Gasteiger partial charge in [0.15, 0.2) is 0 Å². The van der Waals surface area contributed by atoms with Gasteiger partial charge in [-0.3, -0.25) is 0 Å². The van der Waals surface area contributed by atoms with E-state index < -0.39 is 0 Å². The largest absolute Gasteiger partial charge is 0.508 e. The van der Waals surface area contributed by atoms with Gasteiger partial charge in [-0.2, -0.15) is 0 Å². The number of phenolic OH excluding ortho intramolecular Hbond substituents is 2. The van der Waals surface area contributed by atoms with Crippen LogP contribution in [0.1, 0.15) is 24.5 Å². The topological polar surface area (TPSA) is 49.7 Å². The summed E-state index contributed by atoms with van der Waals surface area (Å²) in [5.41, 5.74) is 3.98. The average Bonchev–Trinajstić information content (AvgIpc) is 2.49. The number of ether oxygens (including phenoxy) is 1. The van der Waals surface area contributed by atoms with Crippen LogP contribution in [-0.4, -0.2) is 16.3 Å². The van der Waals surface area contributed by atoms with E-state index in [1.807, 2.05) is 25.1 Å². The first-order valence-corrected chi connectivity index (χ1v) is 7.04. The zero-order chi connectivity index (χ0) is 15.7. The number of benzene rings is 2. The van der Waals surface area contributed by atoms with Crippen LogP contribution in [0.2, 0.25) is 0 Å². The smallest absolute Gasteiger partial charge is 0.135 e. The van der Waals surface area contributed by atoms with E-state index in [2.05, 4.69) is 5.92 Å². The first-order valence-electron chi connectivity index (χ1n) is 7.04. The minimum atomic E-state index is -0.274. The molecule has 0 radical (unpaired) electrons. The van der Waals surface area contributed by atoms with Crippen molar-refractivity contribution >= 4 is 11.1 Å². The lowest BCUT2D eigenvalue weighted by Gasteiger charge is -2.29. The summed E-state index contributed by atoms with van der Waals surface area (Å²) in [5, 5.41) is 19.1. The Morgan fingerprint density at radius 1 is 1.09 bits per heavy atom. The number of hydrogen-bond donors (Lipinski definition) is 2. The van der Waals surface area contributed by atoms with Gasteiger partial charge in [0.2, 0.25) is 0 Å². The summed E-state index contributed by atoms with van der Waals surface area (Å²) in [4.78, 5) is 0. The van der Waals surface area contributed by atoms with Crippen LogP contribution in [0.3, 0.4) is 0 Å². The van der Waals surface area contributed by atoms with Crippen molar-refractivity contribution in [2.45, 2.75) is 19.4 Å². The average molecular weight is 292 g/mol. The van der Waals surface area contributed by atoms with Gasteiger partial charge in [0.05, 0.1) is 6.42 Å². The summed E-state index contributed by atoms with van der Waals surface area (Å²) in [6.07, 6.45) is 5.64. The Hall–Kier alpha value is -2.86. The van der Waals surface area contributed by atoms with Crippen molar-refractivity contribution in [2.75, 3.05) is 0 Å². The summed E-state index contributed by atoms with van der Waals surface area (Å²) in [7, 11) is 0. The molecule has 3 rings (SSSR count). The second-order valence-corrected chi connectivity index (χ2v) is 5.28. The molecule has 3 heteroatoms. The van der Waals surface area contributed by atoms with Crippen LogP contribution in [0.25, 0.3) is 11.1 Å². The van der Waals surface area contributed by atoms with Gasteiger partial charge in [0.1, 0.15) is 23.4 Å². The predicted molar refractivity (Wildman–Crippen MR) is 86.6 cm³/mol. The van der Waals surface area contributed by atoms with Crippen LogP contribution in [0.4, 0.5) is 0 Å². The Morgan fingerprint density at radius 2 is 1.77 bits per heavy atom. The molecule has 2 N–H and O–H groups in total. The standard InChI is InChI=1S/C19H16O3/c1-3-4-17-19(13-5-7-14(20)8-6-13)12(2)16-10-9-15(21)11-18(16)22-17/h1,5-11,17,20-21H,4H2,2H3. The molecule has 2 aromatic rings. The van der Waals surface area contributed by atoms with Crippen LogP contribution in [0.15, 0.2) is 42.5 Å². The van der Waals surface area contributed by atoms with E-state index >= 15 is 0 Å². The number of hydrogen-bond acceptors (Lipinski definition) is 3. The minimum Gasteiger partial charge on any atom is -0.508 e. The molecule has 110 valence electrons. The lowest BCUT2D eigenvalue weighted by Crippen LogP contribution is -2.23. The second kappa shape index (κ2) is 5.50. The molecule has 3 nitrogen and oxygen atoms in total. The highest BCUT2D eigenvalue weighted by atomic mass is 16.5. The number of rotatable bonds is 2. The molecule has 0 aliphatic carbocycles. The second-order valence-electron chi connectivity index (χ2n) is 5.28. The van der Waals surface area contributed by atoms with Crippen molar-refractivity contribution in [3.05, 3.63) is 53.6 Å². The zero-order valence-electron chi connectivity index (χ0n) is 12.2. The first kappa shape index (κ1) is 14.1. The highest BCUT2D eigenvalue weighted by Crippen LogP contribution is 2.42. The van der Waals surface area contributed by atoms with E-state index in [1.54, 1.807) is 24.3 Å². The van der Waals surface area contributed by atoms with Crippen LogP contribution in [-0.2, 0) is 0 Å². The monoisotopic (exact) mass is 292 g/mol. The van der Waals surface area contributed by atoms with Crippen molar-refractivity contribution in [1.29, 1.82) is 0 Å². The predicted octanol–water partition coefficient (Wildman–Crippen LogP) is 3.81. The maximum absolute atomic E-state index is 9.64. The summed E-state index contributed by atoms with van der Waals surface area (Å²) < 4.78 is 6.00.